The number of amides is 1. The van der Waals surface area contributed by atoms with Crippen molar-refractivity contribution in [2.24, 2.45) is 0 Å². The molecule has 2 heterocycles. The first-order valence-corrected chi connectivity index (χ1v) is 9.86. The second kappa shape index (κ2) is 8.10. The largest absolute Gasteiger partial charge is 0.497 e. The smallest absolute Gasteiger partial charge is 0.226 e. The van der Waals surface area contributed by atoms with Crippen molar-refractivity contribution in [1.29, 1.82) is 0 Å². The fourth-order valence-corrected chi connectivity index (χ4v) is 3.69. The number of anilines is 1. The summed E-state index contributed by atoms with van der Waals surface area (Å²) >= 11 is 0. The van der Waals surface area contributed by atoms with Gasteiger partial charge in [-0.25, -0.2) is 4.98 Å². The number of ether oxygens (including phenoxy) is 3. The van der Waals surface area contributed by atoms with Crippen LogP contribution in [0.2, 0.25) is 0 Å². The number of nitrogens with zero attached hydrogens (tertiary/aromatic N) is 2. The van der Waals surface area contributed by atoms with E-state index >= 15 is 0 Å². The molecule has 0 aliphatic carbocycles. The minimum absolute atomic E-state index is 0.0374. The quantitative estimate of drug-likeness (QED) is 0.664. The molecule has 1 unspecified atom stereocenters. The number of carbonyl (C=O) groups excluding carboxylic acids is 1. The Morgan fingerprint density at radius 3 is 2.67 bits per heavy atom. The number of rotatable bonds is 6. The predicted octanol–water partition coefficient (Wildman–Crippen LogP) is 4.15. The van der Waals surface area contributed by atoms with Crippen LogP contribution >= 0.6 is 0 Å². The van der Waals surface area contributed by atoms with Crippen LogP contribution in [-0.4, -0.2) is 35.8 Å². The van der Waals surface area contributed by atoms with Crippen LogP contribution in [0.3, 0.4) is 0 Å². The average molecular weight is 407 g/mol. The molecule has 0 fully saturated rings. The first kappa shape index (κ1) is 19.8. The molecule has 0 spiro atoms. The lowest BCUT2D eigenvalue weighted by molar-refractivity contribution is -0.116. The van der Waals surface area contributed by atoms with E-state index in [2.05, 4.69) is 10.3 Å². The summed E-state index contributed by atoms with van der Waals surface area (Å²) in [5, 5.41) is 2.98. The number of methoxy groups -OCH3 is 2. The second-order valence-electron chi connectivity index (χ2n) is 7.43. The SMILES string of the molecule is COc1cccc(-n2cnc3c2NC(=O)CC3c2ccc(OC(C)C)c(OC)c2)c1. The zero-order chi connectivity index (χ0) is 21.3. The molecule has 2 aromatic carbocycles. The van der Waals surface area contributed by atoms with E-state index in [0.717, 1.165) is 22.7 Å². The van der Waals surface area contributed by atoms with Gasteiger partial charge >= 0.3 is 0 Å². The van der Waals surface area contributed by atoms with Crippen molar-refractivity contribution >= 4 is 11.7 Å². The fraction of sp³-hybridized carbons (Fsp3) is 0.304. The van der Waals surface area contributed by atoms with Gasteiger partial charge in [-0.15, -0.1) is 0 Å². The summed E-state index contributed by atoms with van der Waals surface area (Å²) in [4.78, 5) is 17.2. The average Bonchev–Trinajstić information content (AvgIpc) is 3.17. The van der Waals surface area contributed by atoms with Gasteiger partial charge in [0.1, 0.15) is 17.9 Å². The topological polar surface area (TPSA) is 74.6 Å². The van der Waals surface area contributed by atoms with Crippen molar-refractivity contribution in [3.05, 3.63) is 60.0 Å². The van der Waals surface area contributed by atoms with Gasteiger partial charge < -0.3 is 19.5 Å². The van der Waals surface area contributed by atoms with Gasteiger partial charge in [0.15, 0.2) is 11.5 Å². The van der Waals surface area contributed by atoms with Gasteiger partial charge in [0, 0.05) is 18.4 Å². The molecule has 7 heteroatoms. The molecule has 30 heavy (non-hydrogen) atoms. The van der Waals surface area contributed by atoms with E-state index in [-0.39, 0.29) is 17.9 Å². The van der Waals surface area contributed by atoms with Crippen molar-refractivity contribution in [1.82, 2.24) is 9.55 Å². The van der Waals surface area contributed by atoms with E-state index in [1.165, 1.54) is 0 Å². The summed E-state index contributed by atoms with van der Waals surface area (Å²) in [6, 6.07) is 13.4. The third-order valence-electron chi connectivity index (χ3n) is 5.06. The molecule has 1 aromatic heterocycles. The summed E-state index contributed by atoms with van der Waals surface area (Å²) in [7, 11) is 3.24. The Kier molecular flexibility index (Phi) is 5.35. The summed E-state index contributed by atoms with van der Waals surface area (Å²) in [5.74, 6) is 2.49. The van der Waals surface area contributed by atoms with E-state index in [9.17, 15) is 4.79 Å². The summed E-state index contributed by atoms with van der Waals surface area (Å²) < 4.78 is 18.5. The molecule has 0 saturated carbocycles. The summed E-state index contributed by atoms with van der Waals surface area (Å²) in [6.07, 6.45) is 2.08. The van der Waals surface area contributed by atoms with Gasteiger partial charge in [-0.05, 0) is 43.7 Å². The number of hydrogen-bond donors (Lipinski definition) is 1. The zero-order valence-corrected chi connectivity index (χ0v) is 17.5. The number of hydrogen-bond acceptors (Lipinski definition) is 5. The van der Waals surface area contributed by atoms with Crippen LogP contribution < -0.4 is 19.5 Å². The number of aromatic nitrogens is 2. The van der Waals surface area contributed by atoms with Gasteiger partial charge in [0.05, 0.1) is 31.7 Å². The lowest BCUT2D eigenvalue weighted by atomic mass is 9.89. The standard InChI is InChI=1S/C23H25N3O4/c1-14(2)30-19-9-8-15(10-20(19)29-4)18-12-21(27)25-23-22(18)24-13-26(23)16-6-5-7-17(11-16)28-3/h5-11,13-14,18H,12H2,1-4H3,(H,25,27). The van der Waals surface area contributed by atoms with Gasteiger partial charge in [-0.2, -0.15) is 0 Å². The lowest BCUT2D eigenvalue weighted by Gasteiger charge is -2.24. The zero-order valence-electron chi connectivity index (χ0n) is 17.5. The van der Waals surface area contributed by atoms with E-state index in [1.54, 1.807) is 20.5 Å². The van der Waals surface area contributed by atoms with Gasteiger partial charge in [0.25, 0.3) is 0 Å². The molecule has 1 aliphatic heterocycles. The van der Waals surface area contributed by atoms with Gasteiger partial charge in [0.2, 0.25) is 5.91 Å². The highest BCUT2D eigenvalue weighted by atomic mass is 16.5. The Hall–Kier alpha value is -3.48. The first-order chi connectivity index (χ1) is 14.5. The maximum Gasteiger partial charge on any atom is 0.226 e. The highest BCUT2D eigenvalue weighted by Gasteiger charge is 2.31. The van der Waals surface area contributed by atoms with Crippen LogP contribution in [0.1, 0.15) is 37.4 Å². The third kappa shape index (κ3) is 3.70. The van der Waals surface area contributed by atoms with Crippen LogP contribution in [0.25, 0.3) is 5.69 Å². The Morgan fingerprint density at radius 2 is 1.93 bits per heavy atom. The lowest BCUT2D eigenvalue weighted by Crippen LogP contribution is -2.25. The number of imidazole rings is 1. The highest BCUT2D eigenvalue weighted by molar-refractivity contribution is 5.94. The Bertz CT molecular complexity index is 1070. The van der Waals surface area contributed by atoms with Gasteiger partial charge in [-0.1, -0.05) is 12.1 Å². The monoisotopic (exact) mass is 407 g/mol. The number of nitrogens with one attached hydrogen (secondary N) is 1. The van der Waals surface area contributed by atoms with Crippen LogP contribution in [0, 0.1) is 0 Å². The predicted molar refractivity (Wildman–Crippen MR) is 114 cm³/mol. The van der Waals surface area contributed by atoms with Crippen LogP contribution in [-0.2, 0) is 4.79 Å². The minimum atomic E-state index is -0.178. The van der Waals surface area contributed by atoms with Crippen LogP contribution in [0.4, 0.5) is 5.82 Å². The molecule has 0 radical (unpaired) electrons. The number of benzene rings is 2. The van der Waals surface area contributed by atoms with Crippen molar-refractivity contribution < 1.29 is 19.0 Å². The highest BCUT2D eigenvalue weighted by Crippen LogP contribution is 2.40. The maximum atomic E-state index is 12.5. The summed E-state index contributed by atoms with van der Waals surface area (Å²) in [6.45, 7) is 3.94. The van der Waals surface area contributed by atoms with E-state index in [4.69, 9.17) is 14.2 Å². The molecular formula is C23H25N3O4. The normalized spacial score (nSPS) is 15.5. The van der Waals surface area contributed by atoms with Crippen LogP contribution in [0.5, 0.6) is 17.2 Å². The maximum absolute atomic E-state index is 12.5. The van der Waals surface area contributed by atoms with Crippen LogP contribution in [0.15, 0.2) is 48.8 Å². The molecule has 156 valence electrons. The van der Waals surface area contributed by atoms with Crippen molar-refractivity contribution in [2.45, 2.75) is 32.3 Å². The molecule has 7 nitrogen and oxygen atoms in total. The number of fused-ring (bicyclic) bond motifs is 1. The van der Waals surface area contributed by atoms with E-state index < -0.39 is 0 Å². The Labute approximate surface area is 175 Å². The molecule has 1 amide bonds. The minimum Gasteiger partial charge on any atom is -0.497 e. The second-order valence-corrected chi connectivity index (χ2v) is 7.43. The molecule has 0 bridgehead atoms. The molecule has 1 N–H and O–H groups in total. The summed E-state index contributed by atoms with van der Waals surface area (Å²) in [5.41, 5.74) is 2.63. The molecule has 1 aliphatic rings. The van der Waals surface area contributed by atoms with E-state index in [0.29, 0.717) is 23.7 Å². The molecule has 0 saturated heterocycles. The molecule has 1 atom stereocenters. The molecular weight excluding hydrogens is 382 g/mol. The Morgan fingerprint density at radius 1 is 1.10 bits per heavy atom. The van der Waals surface area contributed by atoms with Crippen molar-refractivity contribution in [3.8, 4) is 22.9 Å². The Balaban J connectivity index is 1.74. The molecule has 4 rings (SSSR count). The molecule has 3 aromatic rings. The van der Waals surface area contributed by atoms with E-state index in [1.807, 2.05) is 60.9 Å². The van der Waals surface area contributed by atoms with Crippen molar-refractivity contribution in [3.63, 3.8) is 0 Å². The van der Waals surface area contributed by atoms with Gasteiger partial charge in [-0.3, -0.25) is 9.36 Å². The fourth-order valence-electron chi connectivity index (χ4n) is 3.69. The third-order valence-corrected chi connectivity index (χ3v) is 5.06. The number of carbonyl (C=O) groups is 1. The first-order valence-electron chi connectivity index (χ1n) is 9.86. The van der Waals surface area contributed by atoms with Crippen molar-refractivity contribution in [2.75, 3.05) is 19.5 Å².